The summed E-state index contributed by atoms with van der Waals surface area (Å²) in [6.07, 6.45) is 5.39. The minimum atomic E-state index is 0.275. The van der Waals surface area contributed by atoms with Gasteiger partial charge in [0, 0.05) is 37.3 Å². The van der Waals surface area contributed by atoms with Crippen LogP contribution < -0.4 is 5.73 Å². The SMILES string of the molecule is CC1CCCCC1(CN)N1CCN(C)C(C)(C)C1. The first-order valence-electron chi connectivity index (χ1n) is 7.59. The van der Waals surface area contributed by atoms with Crippen LogP contribution in [-0.4, -0.2) is 54.1 Å². The third kappa shape index (κ3) is 2.33. The molecule has 2 N–H and O–H groups in total. The zero-order chi connectivity index (χ0) is 13.4. The third-order valence-electron chi connectivity index (χ3n) is 5.71. The van der Waals surface area contributed by atoms with Gasteiger partial charge in [-0.25, -0.2) is 0 Å². The van der Waals surface area contributed by atoms with E-state index in [1.54, 1.807) is 0 Å². The van der Waals surface area contributed by atoms with Gasteiger partial charge in [-0.1, -0.05) is 19.8 Å². The highest BCUT2D eigenvalue weighted by atomic mass is 15.3. The third-order valence-corrected chi connectivity index (χ3v) is 5.71. The molecule has 3 heteroatoms. The normalized spacial score (nSPS) is 38.8. The molecule has 1 saturated carbocycles. The molecule has 0 aromatic carbocycles. The van der Waals surface area contributed by atoms with Crippen molar-refractivity contribution in [3.63, 3.8) is 0 Å². The lowest BCUT2D eigenvalue weighted by Crippen LogP contribution is -2.68. The number of rotatable bonds is 2. The average Bonchev–Trinajstić information content (AvgIpc) is 2.34. The maximum atomic E-state index is 6.23. The van der Waals surface area contributed by atoms with Crippen LogP contribution in [0.4, 0.5) is 0 Å². The number of piperazine rings is 1. The highest BCUT2D eigenvalue weighted by molar-refractivity contribution is 5.02. The van der Waals surface area contributed by atoms with Crippen LogP contribution in [0.1, 0.15) is 46.5 Å². The molecular weight excluding hydrogens is 222 g/mol. The van der Waals surface area contributed by atoms with Crippen LogP contribution in [0, 0.1) is 5.92 Å². The average molecular weight is 253 g/mol. The first-order chi connectivity index (χ1) is 8.42. The Kier molecular flexibility index (Phi) is 4.05. The van der Waals surface area contributed by atoms with Gasteiger partial charge in [-0.3, -0.25) is 9.80 Å². The fourth-order valence-corrected chi connectivity index (χ4v) is 3.92. The first kappa shape index (κ1) is 14.3. The Labute approximate surface area is 113 Å². The van der Waals surface area contributed by atoms with Crippen molar-refractivity contribution >= 4 is 0 Å². The summed E-state index contributed by atoms with van der Waals surface area (Å²) < 4.78 is 0. The summed E-state index contributed by atoms with van der Waals surface area (Å²) in [6.45, 7) is 11.5. The number of hydrogen-bond donors (Lipinski definition) is 1. The van der Waals surface area contributed by atoms with Crippen molar-refractivity contribution in [1.29, 1.82) is 0 Å². The van der Waals surface area contributed by atoms with Crippen molar-refractivity contribution in [3.05, 3.63) is 0 Å². The minimum Gasteiger partial charge on any atom is -0.329 e. The molecule has 2 aliphatic rings. The van der Waals surface area contributed by atoms with Gasteiger partial charge in [-0.05, 0) is 39.7 Å². The Bertz CT molecular complexity index is 289. The van der Waals surface area contributed by atoms with Crippen LogP contribution in [0.5, 0.6) is 0 Å². The van der Waals surface area contributed by atoms with Crippen LogP contribution in [0.3, 0.4) is 0 Å². The molecule has 1 saturated heterocycles. The molecule has 1 heterocycles. The fourth-order valence-electron chi connectivity index (χ4n) is 3.92. The van der Waals surface area contributed by atoms with Gasteiger partial charge in [0.1, 0.15) is 0 Å². The molecule has 0 aromatic rings. The monoisotopic (exact) mass is 253 g/mol. The van der Waals surface area contributed by atoms with E-state index in [1.165, 1.54) is 38.8 Å². The first-order valence-corrected chi connectivity index (χ1v) is 7.59. The van der Waals surface area contributed by atoms with Crippen molar-refractivity contribution in [2.75, 3.05) is 33.2 Å². The largest absolute Gasteiger partial charge is 0.329 e. The summed E-state index contributed by atoms with van der Waals surface area (Å²) >= 11 is 0. The van der Waals surface area contributed by atoms with Gasteiger partial charge in [-0.2, -0.15) is 0 Å². The molecule has 0 radical (unpaired) electrons. The predicted octanol–water partition coefficient (Wildman–Crippen LogP) is 1.92. The Morgan fingerprint density at radius 1 is 1.22 bits per heavy atom. The second-order valence-electron chi connectivity index (χ2n) is 7.11. The van der Waals surface area contributed by atoms with E-state index in [2.05, 4.69) is 37.6 Å². The number of hydrogen-bond acceptors (Lipinski definition) is 3. The molecule has 106 valence electrons. The lowest BCUT2D eigenvalue weighted by molar-refractivity contribution is -0.0583. The predicted molar refractivity (Wildman–Crippen MR) is 77.7 cm³/mol. The van der Waals surface area contributed by atoms with Gasteiger partial charge >= 0.3 is 0 Å². The van der Waals surface area contributed by atoms with Crippen molar-refractivity contribution in [2.45, 2.75) is 57.5 Å². The Hall–Kier alpha value is -0.120. The van der Waals surface area contributed by atoms with Gasteiger partial charge in [0.15, 0.2) is 0 Å². The molecule has 1 aliphatic heterocycles. The maximum Gasteiger partial charge on any atom is 0.0358 e. The van der Waals surface area contributed by atoms with Crippen LogP contribution in [0.25, 0.3) is 0 Å². The summed E-state index contributed by atoms with van der Waals surface area (Å²) in [7, 11) is 2.25. The molecule has 2 unspecified atom stereocenters. The number of nitrogens with zero attached hydrogens (tertiary/aromatic N) is 2. The van der Waals surface area contributed by atoms with Gasteiger partial charge in [0.05, 0.1) is 0 Å². The second kappa shape index (κ2) is 5.10. The van der Waals surface area contributed by atoms with Crippen molar-refractivity contribution < 1.29 is 0 Å². The summed E-state index contributed by atoms with van der Waals surface area (Å²) in [6, 6.07) is 0. The molecule has 0 aromatic heterocycles. The summed E-state index contributed by atoms with van der Waals surface area (Å²) in [5, 5.41) is 0. The van der Waals surface area contributed by atoms with Gasteiger partial charge in [0.2, 0.25) is 0 Å². The Balaban J connectivity index is 2.17. The molecule has 1 aliphatic carbocycles. The van der Waals surface area contributed by atoms with E-state index in [0.29, 0.717) is 0 Å². The van der Waals surface area contributed by atoms with Crippen LogP contribution in [-0.2, 0) is 0 Å². The quantitative estimate of drug-likeness (QED) is 0.816. The standard InChI is InChI=1S/C15H31N3/c1-13-7-5-6-8-15(13,11-16)18-10-9-17(4)14(2,3)12-18/h13H,5-12,16H2,1-4H3. The van der Waals surface area contributed by atoms with E-state index in [0.717, 1.165) is 19.0 Å². The van der Waals surface area contributed by atoms with Crippen molar-refractivity contribution in [2.24, 2.45) is 11.7 Å². The van der Waals surface area contributed by atoms with Crippen molar-refractivity contribution in [3.8, 4) is 0 Å². The van der Waals surface area contributed by atoms with Gasteiger partial charge in [0.25, 0.3) is 0 Å². The van der Waals surface area contributed by atoms with Crippen LogP contribution in [0.15, 0.2) is 0 Å². The van der Waals surface area contributed by atoms with E-state index < -0.39 is 0 Å². The van der Waals surface area contributed by atoms with Crippen molar-refractivity contribution in [1.82, 2.24) is 9.80 Å². The van der Waals surface area contributed by atoms with E-state index in [9.17, 15) is 0 Å². The molecule has 0 spiro atoms. The van der Waals surface area contributed by atoms with Gasteiger partial charge in [-0.15, -0.1) is 0 Å². The van der Waals surface area contributed by atoms with E-state index >= 15 is 0 Å². The molecule has 3 nitrogen and oxygen atoms in total. The summed E-state index contributed by atoms with van der Waals surface area (Å²) in [5.74, 6) is 0.746. The Morgan fingerprint density at radius 3 is 2.50 bits per heavy atom. The van der Waals surface area contributed by atoms with E-state index in [-0.39, 0.29) is 11.1 Å². The van der Waals surface area contributed by atoms with Gasteiger partial charge < -0.3 is 5.73 Å². The minimum absolute atomic E-state index is 0.275. The topological polar surface area (TPSA) is 32.5 Å². The molecule has 2 fully saturated rings. The van der Waals surface area contributed by atoms with Crippen LogP contribution >= 0.6 is 0 Å². The summed E-state index contributed by atoms with van der Waals surface area (Å²) in [5.41, 5.74) is 6.78. The molecule has 2 rings (SSSR count). The fraction of sp³-hybridized carbons (Fsp3) is 1.00. The lowest BCUT2D eigenvalue weighted by atomic mass is 9.71. The lowest BCUT2D eigenvalue weighted by Gasteiger charge is -2.56. The Morgan fingerprint density at radius 2 is 1.94 bits per heavy atom. The smallest absolute Gasteiger partial charge is 0.0358 e. The molecular formula is C15H31N3. The molecule has 0 bridgehead atoms. The second-order valence-corrected chi connectivity index (χ2v) is 7.11. The summed E-state index contributed by atoms with van der Waals surface area (Å²) in [4.78, 5) is 5.21. The zero-order valence-electron chi connectivity index (χ0n) is 12.7. The van der Waals surface area contributed by atoms with E-state index in [4.69, 9.17) is 5.73 Å². The maximum absolute atomic E-state index is 6.23. The highest BCUT2D eigenvalue weighted by Crippen LogP contribution is 2.39. The molecule has 18 heavy (non-hydrogen) atoms. The number of nitrogens with two attached hydrogens (primary N) is 1. The molecule has 2 atom stereocenters. The molecule has 0 amide bonds. The number of likely N-dealkylation sites (N-methyl/N-ethyl adjacent to an activating group) is 1. The highest BCUT2D eigenvalue weighted by Gasteiger charge is 2.45. The van der Waals surface area contributed by atoms with Crippen LogP contribution in [0.2, 0.25) is 0 Å². The zero-order valence-corrected chi connectivity index (χ0v) is 12.7. The van der Waals surface area contributed by atoms with E-state index in [1.807, 2.05) is 0 Å².